The van der Waals surface area contributed by atoms with E-state index >= 15 is 0 Å². The van der Waals surface area contributed by atoms with Crippen molar-refractivity contribution in [2.45, 2.75) is 27.4 Å². The topological polar surface area (TPSA) is 55.8 Å². The zero-order valence-electron chi connectivity index (χ0n) is 15.2. The van der Waals surface area contributed by atoms with Crippen molar-refractivity contribution in [3.8, 4) is 11.5 Å². The van der Waals surface area contributed by atoms with Crippen molar-refractivity contribution in [1.29, 1.82) is 0 Å². The van der Waals surface area contributed by atoms with Crippen molar-refractivity contribution in [2.24, 2.45) is 0 Å². The average Bonchev–Trinajstić information content (AvgIpc) is 2.61. The molecule has 0 saturated carbocycles. The molecule has 4 nitrogen and oxygen atoms in total. The molecule has 0 radical (unpaired) electrons. The van der Waals surface area contributed by atoms with Crippen LogP contribution in [-0.4, -0.2) is 17.7 Å². The van der Waals surface area contributed by atoms with Crippen LogP contribution >= 0.6 is 0 Å². The van der Waals surface area contributed by atoms with Crippen molar-refractivity contribution in [3.63, 3.8) is 0 Å². The van der Waals surface area contributed by atoms with Crippen LogP contribution in [0, 0.1) is 13.8 Å². The number of phenolic OH excluding ortho intramolecular Hbond substituents is 1. The number of carbonyl (C=O) groups excluding carboxylic acids is 1. The number of ether oxygens (including phenoxy) is 2. The van der Waals surface area contributed by atoms with E-state index in [2.05, 4.69) is 26.0 Å². The fourth-order valence-electron chi connectivity index (χ4n) is 2.98. The molecule has 134 valence electrons. The van der Waals surface area contributed by atoms with Gasteiger partial charge in [-0.05, 0) is 73.2 Å². The summed E-state index contributed by atoms with van der Waals surface area (Å²) in [5.74, 6) is 0.277. The molecule has 0 aliphatic carbocycles. The van der Waals surface area contributed by atoms with Crippen molar-refractivity contribution in [2.75, 3.05) is 6.61 Å². The van der Waals surface area contributed by atoms with Gasteiger partial charge in [-0.2, -0.15) is 0 Å². The maximum atomic E-state index is 11.9. The van der Waals surface area contributed by atoms with Gasteiger partial charge in [0.25, 0.3) is 0 Å². The monoisotopic (exact) mass is 350 g/mol. The lowest BCUT2D eigenvalue weighted by Crippen LogP contribution is -2.04. The first-order valence-electron chi connectivity index (χ1n) is 8.61. The molecule has 0 unspecified atom stereocenters. The summed E-state index contributed by atoms with van der Waals surface area (Å²) >= 11 is 0. The van der Waals surface area contributed by atoms with Crippen LogP contribution in [0.1, 0.15) is 34.0 Å². The standard InChI is InChI=1S/C22H22O4/c1-4-25-22(24)17-10-16-11-18(8-9-19(16)21(23)12-17)26-13-20-14(2)6-5-7-15(20)3/h5-12,23H,4,13H2,1-3H3. The summed E-state index contributed by atoms with van der Waals surface area (Å²) in [5.41, 5.74) is 3.86. The van der Waals surface area contributed by atoms with Gasteiger partial charge < -0.3 is 14.6 Å². The molecule has 0 fully saturated rings. The summed E-state index contributed by atoms with van der Waals surface area (Å²) in [6.07, 6.45) is 0. The van der Waals surface area contributed by atoms with Crippen LogP contribution in [0.3, 0.4) is 0 Å². The summed E-state index contributed by atoms with van der Waals surface area (Å²) in [6, 6.07) is 14.7. The Bertz CT molecular complexity index is 940. The van der Waals surface area contributed by atoms with Gasteiger partial charge in [-0.1, -0.05) is 18.2 Å². The van der Waals surface area contributed by atoms with Crippen LogP contribution in [0.25, 0.3) is 10.8 Å². The molecule has 0 aliphatic rings. The summed E-state index contributed by atoms with van der Waals surface area (Å²) in [5, 5.41) is 11.6. The Morgan fingerprint density at radius 1 is 1.04 bits per heavy atom. The second-order valence-electron chi connectivity index (χ2n) is 6.26. The number of esters is 1. The van der Waals surface area contributed by atoms with Crippen LogP contribution in [-0.2, 0) is 11.3 Å². The molecule has 3 rings (SSSR count). The van der Waals surface area contributed by atoms with Gasteiger partial charge >= 0.3 is 5.97 Å². The molecule has 3 aromatic rings. The zero-order chi connectivity index (χ0) is 18.7. The van der Waals surface area contributed by atoms with E-state index in [0.717, 1.165) is 10.9 Å². The van der Waals surface area contributed by atoms with E-state index in [9.17, 15) is 9.90 Å². The third-order valence-corrected chi connectivity index (χ3v) is 4.44. The van der Waals surface area contributed by atoms with Crippen LogP contribution in [0.2, 0.25) is 0 Å². The molecule has 3 aromatic carbocycles. The molecule has 0 aliphatic heterocycles. The van der Waals surface area contributed by atoms with Gasteiger partial charge in [0.05, 0.1) is 12.2 Å². The van der Waals surface area contributed by atoms with E-state index < -0.39 is 5.97 Å². The van der Waals surface area contributed by atoms with Crippen LogP contribution < -0.4 is 4.74 Å². The summed E-state index contributed by atoms with van der Waals surface area (Å²) in [4.78, 5) is 11.9. The van der Waals surface area contributed by atoms with Crippen LogP contribution in [0.4, 0.5) is 0 Å². The molecule has 0 bridgehead atoms. The highest BCUT2D eigenvalue weighted by atomic mass is 16.5. The van der Waals surface area contributed by atoms with Gasteiger partial charge in [0.15, 0.2) is 0 Å². The molecule has 0 atom stereocenters. The van der Waals surface area contributed by atoms with Gasteiger partial charge in [-0.3, -0.25) is 0 Å². The number of rotatable bonds is 5. The highest BCUT2D eigenvalue weighted by Gasteiger charge is 2.12. The van der Waals surface area contributed by atoms with Crippen molar-refractivity contribution in [3.05, 3.63) is 70.8 Å². The largest absolute Gasteiger partial charge is 0.507 e. The number of benzene rings is 3. The van der Waals surface area contributed by atoms with Crippen molar-refractivity contribution < 1.29 is 19.4 Å². The molecule has 0 amide bonds. The van der Waals surface area contributed by atoms with Crippen molar-refractivity contribution in [1.82, 2.24) is 0 Å². The SMILES string of the molecule is CCOC(=O)c1cc(O)c2ccc(OCc3c(C)cccc3C)cc2c1. The van der Waals surface area contributed by atoms with E-state index in [1.165, 1.54) is 17.2 Å². The minimum Gasteiger partial charge on any atom is -0.507 e. The van der Waals surface area contributed by atoms with Gasteiger partial charge in [0.1, 0.15) is 18.1 Å². The Hall–Kier alpha value is -3.01. The Labute approximate surface area is 153 Å². The minimum atomic E-state index is -0.452. The van der Waals surface area contributed by atoms with Crippen LogP contribution in [0.15, 0.2) is 48.5 Å². The molecule has 0 heterocycles. The van der Waals surface area contributed by atoms with Gasteiger partial charge in [-0.25, -0.2) is 4.79 Å². The van der Waals surface area contributed by atoms with Gasteiger partial charge in [0.2, 0.25) is 0 Å². The lowest BCUT2D eigenvalue weighted by molar-refractivity contribution is 0.0526. The average molecular weight is 350 g/mol. The van der Waals surface area contributed by atoms with E-state index in [1.807, 2.05) is 18.2 Å². The Balaban J connectivity index is 1.89. The Morgan fingerprint density at radius 2 is 1.77 bits per heavy atom. The number of aryl methyl sites for hydroxylation is 2. The first kappa shape index (κ1) is 17.8. The fraction of sp³-hybridized carbons (Fsp3) is 0.227. The highest BCUT2D eigenvalue weighted by molar-refractivity contribution is 5.98. The predicted octanol–water partition coefficient (Wildman–Crippen LogP) is 4.92. The molecule has 1 N–H and O–H groups in total. The summed E-state index contributed by atoms with van der Waals surface area (Å²) in [6.45, 7) is 6.63. The van der Waals surface area contributed by atoms with Crippen molar-refractivity contribution >= 4 is 16.7 Å². The van der Waals surface area contributed by atoms with Crippen LogP contribution in [0.5, 0.6) is 11.5 Å². The lowest BCUT2D eigenvalue weighted by Gasteiger charge is -2.12. The number of carbonyl (C=O) groups is 1. The Kier molecular flexibility index (Phi) is 5.12. The lowest BCUT2D eigenvalue weighted by atomic mass is 10.0. The Morgan fingerprint density at radius 3 is 2.46 bits per heavy atom. The number of aromatic hydroxyl groups is 1. The third-order valence-electron chi connectivity index (χ3n) is 4.44. The maximum Gasteiger partial charge on any atom is 0.338 e. The highest BCUT2D eigenvalue weighted by Crippen LogP contribution is 2.30. The number of hydrogen-bond donors (Lipinski definition) is 1. The number of hydrogen-bond acceptors (Lipinski definition) is 4. The molecular formula is C22H22O4. The zero-order valence-corrected chi connectivity index (χ0v) is 15.2. The number of phenols is 1. The van der Waals surface area contributed by atoms with Gasteiger partial charge in [0, 0.05) is 5.39 Å². The minimum absolute atomic E-state index is 0.0480. The quantitative estimate of drug-likeness (QED) is 0.664. The molecule has 26 heavy (non-hydrogen) atoms. The predicted molar refractivity (Wildman–Crippen MR) is 102 cm³/mol. The molecule has 0 spiro atoms. The van der Waals surface area contributed by atoms with E-state index in [4.69, 9.17) is 9.47 Å². The fourth-order valence-corrected chi connectivity index (χ4v) is 2.98. The molecule has 0 aromatic heterocycles. The molecular weight excluding hydrogens is 328 g/mol. The first-order valence-corrected chi connectivity index (χ1v) is 8.61. The molecule has 4 heteroatoms. The van der Waals surface area contributed by atoms with E-state index in [-0.39, 0.29) is 12.4 Å². The summed E-state index contributed by atoms with van der Waals surface area (Å²) in [7, 11) is 0. The normalized spacial score (nSPS) is 10.7. The second kappa shape index (κ2) is 7.48. The number of fused-ring (bicyclic) bond motifs is 1. The first-order chi connectivity index (χ1) is 12.5. The summed E-state index contributed by atoms with van der Waals surface area (Å²) < 4.78 is 11.0. The van der Waals surface area contributed by atoms with E-state index in [1.54, 1.807) is 19.1 Å². The van der Waals surface area contributed by atoms with Gasteiger partial charge in [-0.15, -0.1) is 0 Å². The maximum absolute atomic E-state index is 11.9. The second-order valence-corrected chi connectivity index (χ2v) is 6.26. The third kappa shape index (κ3) is 3.64. The van der Waals surface area contributed by atoms with E-state index in [0.29, 0.717) is 23.3 Å². The smallest absolute Gasteiger partial charge is 0.338 e. The molecule has 0 saturated heterocycles.